The van der Waals surface area contributed by atoms with Gasteiger partial charge < -0.3 is 14.4 Å². The van der Waals surface area contributed by atoms with Gasteiger partial charge in [-0.05, 0) is 25.5 Å². The highest BCUT2D eigenvalue weighted by atomic mass is 19.4. The molecule has 0 saturated heterocycles. The predicted molar refractivity (Wildman–Crippen MR) is 103 cm³/mol. The average Bonchev–Trinajstić information content (AvgIpc) is 2.69. The van der Waals surface area contributed by atoms with Crippen molar-refractivity contribution in [2.24, 2.45) is 0 Å². The van der Waals surface area contributed by atoms with E-state index in [0.717, 1.165) is 19.3 Å². The minimum absolute atomic E-state index is 0.226. The van der Waals surface area contributed by atoms with E-state index < -0.39 is 30.4 Å². The smallest absolute Gasteiger partial charge is 0.423 e. The van der Waals surface area contributed by atoms with Crippen LogP contribution >= 0.6 is 0 Å². The van der Waals surface area contributed by atoms with Gasteiger partial charge in [0.2, 0.25) is 11.8 Å². The van der Waals surface area contributed by atoms with Crippen LogP contribution in [0.25, 0.3) is 0 Å². The summed E-state index contributed by atoms with van der Waals surface area (Å²) in [5.41, 5.74) is -0.971. The van der Waals surface area contributed by atoms with Crippen LogP contribution in [0.15, 0.2) is 30.5 Å². The van der Waals surface area contributed by atoms with Gasteiger partial charge in [-0.25, -0.2) is 4.98 Å². The van der Waals surface area contributed by atoms with Crippen molar-refractivity contribution in [1.29, 1.82) is 0 Å². The first-order valence-corrected chi connectivity index (χ1v) is 9.69. The Kier molecular flexibility index (Phi) is 8.35. The highest BCUT2D eigenvalue weighted by molar-refractivity contribution is 5.59. The van der Waals surface area contributed by atoms with Gasteiger partial charge in [-0.1, -0.05) is 25.8 Å². The van der Waals surface area contributed by atoms with Crippen LogP contribution in [-0.2, 0) is 6.18 Å². The van der Waals surface area contributed by atoms with Gasteiger partial charge >= 0.3 is 12.4 Å². The van der Waals surface area contributed by atoms with Crippen LogP contribution in [-0.4, -0.2) is 35.9 Å². The van der Waals surface area contributed by atoms with Crippen molar-refractivity contribution in [3.05, 3.63) is 36.0 Å². The number of alkyl halides is 6. The van der Waals surface area contributed by atoms with Gasteiger partial charge in [-0.15, -0.1) is 0 Å². The Hall–Kier alpha value is -2.72. The van der Waals surface area contributed by atoms with Crippen LogP contribution in [0.1, 0.15) is 38.7 Å². The molecule has 31 heavy (non-hydrogen) atoms. The average molecular weight is 451 g/mol. The molecule has 0 aliphatic heterocycles. The van der Waals surface area contributed by atoms with Gasteiger partial charge in [0.1, 0.15) is 11.3 Å². The van der Waals surface area contributed by atoms with Gasteiger partial charge in [-0.3, -0.25) is 0 Å². The van der Waals surface area contributed by atoms with Gasteiger partial charge in [0.05, 0.1) is 6.61 Å². The number of rotatable bonds is 10. The Bertz CT molecular complexity index is 842. The quantitative estimate of drug-likeness (QED) is 0.320. The molecular weight excluding hydrogens is 428 g/mol. The summed E-state index contributed by atoms with van der Waals surface area (Å²) in [6.07, 6.45) is -6.44. The molecule has 172 valence electrons. The van der Waals surface area contributed by atoms with E-state index in [9.17, 15) is 26.3 Å². The van der Waals surface area contributed by atoms with Gasteiger partial charge in [0.25, 0.3) is 0 Å². The Labute approximate surface area is 176 Å². The zero-order valence-electron chi connectivity index (χ0n) is 17.1. The lowest BCUT2D eigenvalue weighted by molar-refractivity contribution is -0.159. The molecule has 11 heteroatoms. The lowest BCUT2D eigenvalue weighted by Gasteiger charge is -2.23. The van der Waals surface area contributed by atoms with Gasteiger partial charge in [0.15, 0.2) is 6.61 Å². The second-order valence-corrected chi connectivity index (χ2v) is 6.59. The van der Waals surface area contributed by atoms with Crippen LogP contribution in [0.2, 0.25) is 0 Å². The summed E-state index contributed by atoms with van der Waals surface area (Å²) in [5, 5.41) is 0. The lowest BCUT2D eigenvalue weighted by Crippen LogP contribution is -2.24. The summed E-state index contributed by atoms with van der Waals surface area (Å²) in [7, 11) is 0. The van der Waals surface area contributed by atoms with E-state index in [-0.39, 0.29) is 12.5 Å². The van der Waals surface area contributed by atoms with Crippen LogP contribution in [0.4, 0.5) is 38.0 Å². The Morgan fingerprint density at radius 2 is 1.74 bits per heavy atom. The molecule has 2 aromatic rings. The molecule has 0 unspecified atom stereocenters. The van der Waals surface area contributed by atoms with E-state index in [1.165, 1.54) is 4.90 Å². The third-order valence-corrected chi connectivity index (χ3v) is 4.12. The number of benzene rings is 1. The SMILES string of the molecule is CCCCCOc1cccc(N(CC)c2ncc(C(F)(F)F)c(OCC(F)(F)F)n2)c1. The first-order valence-electron chi connectivity index (χ1n) is 9.69. The number of aromatic nitrogens is 2. The van der Waals surface area contributed by atoms with E-state index >= 15 is 0 Å². The molecule has 0 N–H and O–H groups in total. The maximum atomic E-state index is 13.2. The lowest BCUT2D eigenvalue weighted by atomic mass is 10.2. The zero-order chi connectivity index (χ0) is 23.1. The molecule has 2 rings (SSSR count). The second kappa shape index (κ2) is 10.5. The summed E-state index contributed by atoms with van der Waals surface area (Å²) in [4.78, 5) is 8.79. The fraction of sp³-hybridized carbons (Fsp3) is 0.500. The molecule has 0 spiro atoms. The maximum absolute atomic E-state index is 13.2. The van der Waals surface area contributed by atoms with Crippen LogP contribution in [0, 0.1) is 0 Å². The molecule has 0 aliphatic rings. The highest BCUT2D eigenvalue weighted by Crippen LogP contribution is 2.37. The third-order valence-electron chi connectivity index (χ3n) is 4.12. The van der Waals surface area contributed by atoms with Crippen molar-refractivity contribution in [2.75, 3.05) is 24.7 Å². The normalized spacial score (nSPS) is 12.0. The molecule has 0 radical (unpaired) electrons. The summed E-state index contributed by atoms with van der Waals surface area (Å²) in [6.45, 7) is 2.61. The molecule has 1 aromatic carbocycles. The summed E-state index contributed by atoms with van der Waals surface area (Å²) in [6, 6.07) is 6.75. The predicted octanol–water partition coefficient (Wildman–Crippen LogP) is 6.16. The molecule has 1 aromatic heterocycles. The number of nitrogens with zero attached hydrogens (tertiary/aromatic N) is 3. The van der Waals surface area contributed by atoms with Crippen LogP contribution in [0.3, 0.4) is 0 Å². The van der Waals surface area contributed by atoms with Crippen molar-refractivity contribution in [3.63, 3.8) is 0 Å². The fourth-order valence-corrected chi connectivity index (χ4v) is 2.66. The molecule has 0 bridgehead atoms. The third kappa shape index (κ3) is 7.48. The number of unbranched alkanes of at least 4 members (excludes halogenated alkanes) is 2. The van der Waals surface area contributed by atoms with E-state index in [1.807, 2.05) is 0 Å². The van der Waals surface area contributed by atoms with Crippen LogP contribution < -0.4 is 14.4 Å². The standard InChI is InChI=1S/C20H23F6N3O2/c1-3-5-6-10-30-15-9-7-8-14(11-15)29(4-2)18-27-12-16(20(24,25)26)17(28-18)31-13-19(21,22)23/h7-9,11-12H,3-6,10,13H2,1-2H3. The highest BCUT2D eigenvalue weighted by Gasteiger charge is 2.38. The molecular formula is C20H23F6N3O2. The van der Waals surface area contributed by atoms with Crippen molar-refractivity contribution >= 4 is 11.6 Å². The number of halogens is 6. The molecule has 0 aliphatic carbocycles. The van der Waals surface area contributed by atoms with Crippen molar-refractivity contribution < 1.29 is 35.8 Å². The first kappa shape index (κ1) is 24.5. The molecule has 1 heterocycles. The summed E-state index contributed by atoms with van der Waals surface area (Å²) >= 11 is 0. The van der Waals surface area contributed by atoms with Gasteiger partial charge in [-0.2, -0.15) is 31.3 Å². The molecule has 5 nitrogen and oxygen atoms in total. The van der Waals surface area contributed by atoms with Gasteiger partial charge in [0, 0.05) is 24.5 Å². The number of ether oxygens (including phenoxy) is 2. The molecule has 0 fully saturated rings. The minimum Gasteiger partial charge on any atom is -0.494 e. The molecule has 0 saturated carbocycles. The van der Waals surface area contributed by atoms with E-state index in [1.54, 1.807) is 31.2 Å². The fourth-order valence-electron chi connectivity index (χ4n) is 2.66. The van der Waals surface area contributed by atoms with Crippen molar-refractivity contribution in [3.8, 4) is 11.6 Å². The number of hydrogen-bond donors (Lipinski definition) is 0. The van der Waals surface area contributed by atoms with Crippen molar-refractivity contribution in [2.45, 2.75) is 45.5 Å². The largest absolute Gasteiger partial charge is 0.494 e. The number of anilines is 2. The topological polar surface area (TPSA) is 47.5 Å². The maximum Gasteiger partial charge on any atom is 0.423 e. The van der Waals surface area contributed by atoms with Crippen LogP contribution in [0.5, 0.6) is 11.6 Å². The first-order chi connectivity index (χ1) is 14.5. The monoisotopic (exact) mass is 451 g/mol. The van der Waals surface area contributed by atoms with E-state index in [2.05, 4.69) is 21.6 Å². The Morgan fingerprint density at radius 3 is 2.35 bits per heavy atom. The Morgan fingerprint density at radius 1 is 1.00 bits per heavy atom. The number of hydrogen-bond acceptors (Lipinski definition) is 5. The molecule has 0 atom stereocenters. The summed E-state index contributed by atoms with van der Waals surface area (Å²) < 4.78 is 87.0. The van der Waals surface area contributed by atoms with E-state index in [4.69, 9.17) is 4.74 Å². The Balaban J connectivity index is 2.32. The zero-order valence-corrected chi connectivity index (χ0v) is 17.1. The minimum atomic E-state index is -4.97. The molecule has 0 amide bonds. The summed E-state index contributed by atoms with van der Waals surface area (Å²) in [5.74, 6) is -0.858. The van der Waals surface area contributed by atoms with E-state index in [0.29, 0.717) is 24.2 Å². The van der Waals surface area contributed by atoms with Crippen molar-refractivity contribution in [1.82, 2.24) is 9.97 Å². The second-order valence-electron chi connectivity index (χ2n) is 6.59.